The van der Waals surface area contributed by atoms with E-state index in [9.17, 15) is 9.59 Å². The SMILES string of the molecule is O=C(OCc1cc(=O)oc2cc3c(cc12)CCC3)c1ccc(-n2cccn2)cc1. The molecule has 6 heteroatoms. The topological polar surface area (TPSA) is 74.3 Å². The third-order valence-corrected chi connectivity index (χ3v) is 5.27. The standard InChI is InChI=1S/C23H18N2O4/c26-22-13-18(20-11-16-3-1-4-17(16)12-21(20)29-22)14-28-23(27)15-5-7-19(8-6-15)25-10-2-9-24-25/h2,5-13H,1,3-4,14H2. The van der Waals surface area contributed by atoms with Gasteiger partial charge in [0, 0.05) is 29.4 Å². The lowest BCUT2D eigenvalue weighted by atomic mass is 10.0. The second-order valence-corrected chi connectivity index (χ2v) is 7.13. The maximum atomic E-state index is 12.5. The Kier molecular flexibility index (Phi) is 4.24. The van der Waals surface area contributed by atoms with Crippen LogP contribution in [0.25, 0.3) is 16.7 Å². The van der Waals surface area contributed by atoms with E-state index in [0.717, 1.165) is 30.3 Å². The molecule has 2 heterocycles. The number of aromatic nitrogens is 2. The quantitative estimate of drug-likeness (QED) is 0.394. The Balaban J connectivity index is 1.37. The summed E-state index contributed by atoms with van der Waals surface area (Å²) in [5.41, 5.74) is 4.56. The molecule has 0 fully saturated rings. The molecule has 0 bridgehead atoms. The summed E-state index contributed by atoms with van der Waals surface area (Å²) in [6.45, 7) is 0.0145. The van der Waals surface area contributed by atoms with Crippen molar-refractivity contribution in [3.63, 3.8) is 0 Å². The largest absolute Gasteiger partial charge is 0.457 e. The number of ether oxygens (including phenoxy) is 1. The van der Waals surface area contributed by atoms with Crippen LogP contribution in [0.15, 0.2) is 70.1 Å². The smallest absolute Gasteiger partial charge is 0.338 e. The first-order valence-electron chi connectivity index (χ1n) is 9.53. The number of aryl methyl sites for hydroxylation is 2. The highest BCUT2D eigenvalue weighted by molar-refractivity contribution is 5.90. The van der Waals surface area contributed by atoms with Gasteiger partial charge in [-0.2, -0.15) is 5.10 Å². The average molecular weight is 386 g/mol. The predicted molar refractivity (Wildman–Crippen MR) is 107 cm³/mol. The number of rotatable bonds is 4. The molecule has 0 spiro atoms. The summed E-state index contributed by atoms with van der Waals surface area (Å²) >= 11 is 0. The van der Waals surface area contributed by atoms with Gasteiger partial charge in [-0.15, -0.1) is 0 Å². The number of hydrogen-bond acceptors (Lipinski definition) is 5. The van der Waals surface area contributed by atoms with E-state index >= 15 is 0 Å². The Hall–Kier alpha value is -3.67. The molecule has 0 aliphatic heterocycles. The second kappa shape index (κ2) is 7.05. The van der Waals surface area contributed by atoms with Crippen LogP contribution in [0.5, 0.6) is 0 Å². The summed E-state index contributed by atoms with van der Waals surface area (Å²) in [4.78, 5) is 24.4. The van der Waals surface area contributed by atoms with E-state index in [0.29, 0.717) is 16.7 Å². The Labute approximate surface area is 166 Å². The minimum Gasteiger partial charge on any atom is -0.457 e. The number of carbonyl (C=O) groups is 1. The summed E-state index contributed by atoms with van der Waals surface area (Å²) in [6.07, 6.45) is 6.65. The third kappa shape index (κ3) is 3.33. The number of benzene rings is 2. The number of esters is 1. The molecule has 0 saturated heterocycles. The Morgan fingerprint density at radius 3 is 2.66 bits per heavy atom. The molecule has 0 saturated carbocycles. The zero-order chi connectivity index (χ0) is 19.8. The average Bonchev–Trinajstić information content (AvgIpc) is 3.42. The van der Waals surface area contributed by atoms with E-state index in [1.807, 2.05) is 18.3 Å². The second-order valence-electron chi connectivity index (χ2n) is 7.13. The first kappa shape index (κ1) is 17.4. The summed E-state index contributed by atoms with van der Waals surface area (Å²) < 4.78 is 12.6. The van der Waals surface area contributed by atoms with Gasteiger partial charge in [0.05, 0.1) is 11.3 Å². The fourth-order valence-corrected chi connectivity index (χ4v) is 3.81. The molecule has 1 aliphatic rings. The van der Waals surface area contributed by atoms with Crippen molar-refractivity contribution in [2.45, 2.75) is 25.9 Å². The van der Waals surface area contributed by atoms with Gasteiger partial charge in [-0.1, -0.05) is 0 Å². The molecule has 1 aliphatic carbocycles. The van der Waals surface area contributed by atoms with Crippen molar-refractivity contribution in [3.8, 4) is 5.69 Å². The normalized spacial score (nSPS) is 12.8. The van der Waals surface area contributed by atoms with Gasteiger partial charge in [-0.05, 0) is 72.9 Å². The van der Waals surface area contributed by atoms with Crippen molar-refractivity contribution in [3.05, 3.63) is 93.6 Å². The zero-order valence-electron chi connectivity index (χ0n) is 15.6. The van der Waals surface area contributed by atoms with Crippen molar-refractivity contribution < 1.29 is 13.9 Å². The maximum absolute atomic E-state index is 12.5. The van der Waals surface area contributed by atoms with Crippen molar-refractivity contribution in [2.24, 2.45) is 0 Å². The van der Waals surface area contributed by atoms with E-state index < -0.39 is 11.6 Å². The predicted octanol–water partition coefficient (Wildman–Crippen LogP) is 3.82. The van der Waals surface area contributed by atoms with E-state index in [-0.39, 0.29) is 6.61 Å². The molecule has 6 nitrogen and oxygen atoms in total. The van der Waals surface area contributed by atoms with Crippen LogP contribution >= 0.6 is 0 Å². The van der Waals surface area contributed by atoms with E-state index in [1.165, 1.54) is 17.2 Å². The molecule has 4 aromatic rings. The maximum Gasteiger partial charge on any atom is 0.338 e. The Morgan fingerprint density at radius 2 is 1.90 bits per heavy atom. The van der Waals surface area contributed by atoms with Crippen LogP contribution in [0.2, 0.25) is 0 Å². The molecule has 2 aromatic carbocycles. The van der Waals surface area contributed by atoms with Gasteiger partial charge in [0.1, 0.15) is 12.2 Å². The fourth-order valence-electron chi connectivity index (χ4n) is 3.81. The highest BCUT2D eigenvalue weighted by atomic mass is 16.5. The monoisotopic (exact) mass is 386 g/mol. The molecule has 0 N–H and O–H groups in total. The molecule has 2 aromatic heterocycles. The number of carbonyl (C=O) groups excluding carboxylic acids is 1. The highest BCUT2D eigenvalue weighted by Gasteiger charge is 2.16. The third-order valence-electron chi connectivity index (χ3n) is 5.27. The molecule has 0 unspecified atom stereocenters. The molecule has 29 heavy (non-hydrogen) atoms. The van der Waals surface area contributed by atoms with Gasteiger partial charge in [0.25, 0.3) is 0 Å². The van der Waals surface area contributed by atoms with E-state index in [1.54, 1.807) is 35.1 Å². The number of fused-ring (bicyclic) bond motifs is 2. The van der Waals surface area contributed by atoms with E-state index in [4.69, 9.17) is 9.15 Å². The summed E-state index contributed by atoms with van der Waals surface area (Å²) in [7, 11) is 0. The summed E-state index contributed by atoms with van der Waals surface area (Å²) in [5.74, 6) is -0.445. The van der Waals surface area contributed by atoms with Gasteiger partial charge in [0.15, 0.2) is 0 Å². The molecule has 144 valence electrons. The summed E-state index contributed by atoms with van der Waals surface area (Å²) in [5, 5.41) is 4.99. The molecule has 0 amide bonds. The van der Waals surface area contributed by atoms with Crippen molar-refractivity contribution in [1.82, 2.24) is 9.78 Å². The molecule has 0 atom stereocenters. The lowest BCUT2D eigenvalue weighted by Gasteiger charge is -2.09. The first-order chi connectivity index (χ1) is 14.2. The van der Waals surface area contributed by atoms with Gasteiger partial charge < -0.3 is 9.15 Å². The van der Waals surface area contributed by atoms with Crippen molar-refractivity contribution in [2.75, 3.05) is 0 Å². The first-order valence-corrected chi connectivity index (χ1v) is 9.53. The van der Waals surface area contributed by atoms with Crippen LogP contribution in [0.1, 0.15) is 33.5 Å². The number of hydrogen-bond donors (Lipinski definition) is 0. The van der Waals surface area contributed by atoms with Crippen LogP contribution in [-0.2, 0) is 24.2 Å². The van der Waals surface area contributed by atoms with Crippen LogP contribution in [-0.4, -0.2) is 15.7 Å². The van der Waals surface area contributed by atoms with Crippen LogP contribution < -0.4 is 5.63 Å². The minimum atomic E-state index is -0.445. The molecule has 0 radical (unpaired) electrons. The van der Waals surface area contributed by atoms with E-state index in [2.05, 4.69) is 11.2 Å². The summed E-state index contributed by atoms with van der Waals surface area (Å²) in [6, 6.07) is 14.2. The lowest BCUT2D eigenvalue weighted by Crippen LogP contribution is -2.08. The molecular formula is C23H18N2O4. The van der Waals surface area contributed by atoms with Gasteiger partial charge in [0.2, 0.25) is 0 Å². The van der Waals surface area contributed by atoms with Crippen molar-refractivity contribution in [1.29, 1.82) is 0 Å². The zero-order valence-corrected chi connectivity index (χ0v) is 15.6. The fraction of sp³-hybridized carbons (Fsp3) is 0.174. The molecule has 5 rings (SSSR count). The lowest BCUT2D eigenvalue weighted by molar-refractivity contribution is 0.0474. The van der Waals surface area contributed by atoms with Gasteiger partial charge in [-0.25, -0.2) is 14.3 Å². The van der Waals surface area contributed by atoms with Crippen LogP contribution in [0, 0.1) is 0 Å². The van der Waals surface area contributed by atoms with Gasteiger partial charge >= 0.3 is 11.6 Å². The Morgan fingerprint density at radius 1 is 1.10 bits per heavy atom. The van der Waals surface area contributed by atoms with Crippen molar-refractivity contribution >= 4 is 16.9 Å². The molecular weight excluding hydrogens is 368 g/mol. The van der Waals surface area contributed by atoms with Crippen LogP contribution in [0.3, 0.4) is 0 Å². The van der Waals surface area contributed by atoms with Crippen LogP contribution in [0.4, 0.5) is 0 Å². The Bertz CT molecular complexity index is 1250. The van der Waals surface area contributed by atoms with Gasteiger partial charge in [-0.3, -0.25) is 0 Å². The number of nitrogens with zero attached hydrogens (tertiary/aromatic N) is 2. The highest BCUT2D eigenvalue weighted by Crippen LogP contribution is 2.28. The minimum absolute atomic E-state index is 0.0145.